The van der Waals surface area contributed by atoms with E-state index in [2.05, 4.69) is 68.4 Å². The zero-order valence-corrected chi connectivity index (χ0v) is 22.3. The molecule has 5 rings (SSSR count). The third-order valence-corrected chi connectivity index (χ3v) is 13.0. The maximum absolute atomic E-state index is 11.4. The minimum atomic E-state index is -2.20. The van der Waals surface area contributed by atoms with E-state index in [4.69, 9.17) is 4.99 Å². The van der Waals surface area contributed by atoms with Crippen LogP contribution in [0.5, 0.6) is 0 Å². The Hall–Kier alpha value is -2.47. The molecule has 34 heavy (non-hydrogen) atoms. The van der Waals surface area contributed by atoms with Crippen LogP contribution in [0.2, 0.25) is 12.6 Å². The van der Waals surface area contributed by atoms with Crippen molar-refractivity contribution in [3.8, 4) is 0 Å². The first-order chi connectivity index (χ1) is 16.1. The van der Waals surface area contributed by atoms with E-state index in [1.54, 1.807) is 0 Å². The largest absolute Gasteiger partial charge is 0.481 e. The minimum absolute atomic E-state index is 0.114. The van der Waals surface area contributed by atoms with Crippen molar-refractivity contribution in [2.75, 3.05) is 18.4 Å². The summed E-state index contributed by atoms with van der Waals surface area (Å²) in [7, 11) is -2.20. The lowest BCUT2D eigenvalue weighted by Gasteiger charge is -2.36. The van der Waals surface area contributed by atoms with Gasteiger partial charge in [0.2, 0.25) is 5.36 Å². The number of carboxylic acids is 1. The van der Waals surface area contributed by atoms with E-state index < -0.39 is 14.0 Å². The van der Waals surface area contributed by atoms with E-state index in [0.717, 1.165) is 49.4 Å². The van der Waals surface area contributed by atoms with Crippen LogP contribution in [-0.4, -0.2) is 37.8 Å². The number of carbonyl (C=O) groups is 1. The quantitative estimate of drug-likeness (QED) is 0.515. The summed E-state index contributed by atoms with van der Waals surface area (Å²) in [5, 5.41) is 18.2. The van der Waals surface area contributed by atoms with Crippen LogP contribution >= 0.6 is 0 Å². The van der Waals surface area contributed by atoms with E-state index in [0.29, 0.717) is 12.3 Å². The highest BCUT2D eigenvalue weighted by Gasteiger charge is 2.42. The average molecular weight is 477 g/mol. The van der Waals surface area contributed by atoms with Crippen LogP contribution in [0.4, 0.5) is 11.4 Å². The third kappa shape index (κ3) is 3.71. The molecular weight excluding hydrogens is 438 g/mol. The van der Waals surface area contributed by atoms with Crippen LogP contribution in [0, 0.1) is 0 Å². The van der Waals surface area contributed by atoms with Crippen LogP contribution in [0.1, 0.15) is 70.4 Å². The summed E-state index contributed by atoms with van der Waals surface area (Å²) in [6, 6.07) is 10.4. The summed E-state index contributed by atoms with van der Waals surface area (Å²) >= 11 is 0. The molecule has 3 aliphatic heterocycles. The van der Waals surface area contributed by atoms with Crippen molar-refractivity contribution in [3.63, 3.8) is 0 Å². The fourth-order valence-electron chi connectivity index (χ4n) is 6.83. The van der Waals surface area contributed by atoms with Crippen LogP contribution in [0.15, 0.2) is 29.3 Å². The average Bonchev–Trinajstić information content (AvgIpc) is 2.77. The summed E-state index contributed by atoms with van der Waals surface area (Å²) < 4.78 is 2.57. The van der Waals surface area contributed by atoms with E-state index in [1.165, 1.54) is 32.5 Å². The summed E-state index contributed by atoms with van der Waals surface area (Å²) in [5.74, 6) is -0.216. The monoisotopic (exact) mass is 476 g/mol. The van der Waals surface area contributed by atoms with Crippen LogP contribution < -0.4 is 31.0 Å². The van der Waals surface area contributed by atoms with Gasteiger partial charge < -0.3 is 10.4 Å². The standard InChI is InChI=1S/C28H37N3O2Si/c1-6-31-24-16-26-23(14-20(24)18(2)17-28(31,3)4)30-22-13-19-9-7-11-29-21(19)15-25(22)34(26,5)12-8-10-27(32)33/h13-16,18H,6-12,17H2,1-5H3,(H,32,33)/p+1. The molecule has 0 aromatic heterocycles. The molecule has 0 fully saturated rings. The van der Waals surface area contributed by atoms with Gasteiger partial charge in [0.05, 0.1) is 11.0 Å². The second-order valence-electron chi connectivity index (χ2n) is 11.3. The molecule has 0 spiro atoms. The number of carboxylic acid groups (broad SMARTS) is 1. The van der Waals surface area contributed by atoms with Gasteiger partial charge in [-0.25, -0.2) is 9.57 Å². The maximum Gasteiger partial charge on any atom is 0.303 e. The molecule has 2 aromatic rings. The number of aryl methyl sites for hydroxylation is 1. The van der Waals surface area contributed by atoms with Crippen molar-refractivity contribution in [3.05, 3.63) is 46.1 Å². The maximum atomic E-state index is 11.4. The van der Waals surface area contributed by atoms with Gasteiger partial charge in [0, 0.05) is 36.7 Å². The van der Waals surface area contributed by atoms with E-state index in [9.17, 15) is 9.90 Å². The number of hydrogen-bond donors (Lipinski definition) is 2. The van der Waals surface area contributed by atoms with Gasteiger partial charge in [-0.05, 0) is 86.1 Å². The predicted molar refractivity (Wildman–Crippen MR) is 142 cm³/mol. The number of anilines is 1. The second kappa shape index (κ2) is 8.33. The molecule has 0 bridgehead atoms. The van der Waals surface area contributed by atoms with Gasteiger partial charge in [-0.3, -0.25) is 4.79 Å². The lowest BCUT2D eigenvalue weighted by atomic mass is 9.83. The number of benzene rings is 2. The summed E-state index contributed by atoms with van der Waals surface area (Å²) in [4.78, 5) is 16.6. The molecule has 0 amide bonds. The Morgan fingerprint density at radius 3 is 2.79 bits per heavy atom. The van der Waals surface area contributed by atoms with E-state index >= 15 is 0 Å². The first-order valence-corrected chi connectivity index (χ1v) is 15.7. The summed E-state index contributed by atoms with van der Waals surface area (Å²) in [5.41, 5.74) is 5.26. The zero-order chi connectivity index (χ0) is 24.3. The summed E-state index contributed by atoms with van der Waals surface area (Å²) in [6.45, 7) is 13.8. The third-order valence-electron chi connectivity index (χ3n) is 8.48. The lowest BCUT2D eigenvalue weighted by Crippen LogP contribution is -2.65. The molecule has 2 N–H and O–H groups in total. The van der Waals surface area contributed by atoms with Crippen LogP contribution in [-0.2, 0) is 11.2 Å². The van der Waals surface area contributed by atoms with Gasteiger partial charge in [0.25, 0.3) is 0 Å². The minimum Gasteiger partial charge on any atom is -0.481 e. The van der Waals surface area contributed by atoms with Crippen molar-refractivity contribution >= 4 is 35.8 Å². The number of aliphatic carboxylic acids is 1. The Morgan fingerprint density at radius 2 is 2.06 bits per heavy atom. The highest BCUT2D eigenvalue weighted by molar-refractivity contribution is 7.02. The number of fused-ring (bicyclic) bond motifs is 4. The van der Waals surface area contributed by atoms with Crippen molar-refractivity contribution < 1.29 is 9.90 Å². The molecule has 5 nitrogen and oxygen atoms in total. The van der Waals surface area contributed by atoms with E-state index in [-0.39, 0.29) is 12.0 Å². The predicted octanol–water partition coefficient (Wildman–Crippen LogP) is 3.16. The lowest BCUT2D eigenvalue weighted by molar-refractivity contribution is -0.137. The second-order valence-corrected chi connectivity index (χ2v) is 15.6. The van der Waals surface area contributed by atoms with Crippen molar-refractivity contribution in [1.82, 2.24) is 4.58 Å². The number of rotatable bonds is 5. The molecule has 3 aliphatic rings. The SMILES string of the molecule is CC[N+]1=c2cc3c(cc2C(C)CC1(C)C)=Nc1cc2c(cc1[Si]3(C)CCCC(=O)O)NCCC2. The van der Waals surface area contributed by atoms with Crippen molar-refractivity contribution in [1.29, 1.82) is 0 Å². The van der Waals surface area contributed by atoms with Gasteiger partial charge in [-0.2, -0.15) is 0 Å². The molecular formula is C28H38N3O2Si+. The molecule has 0 saturated heterocycles. The molecule has 0 aliphatic carbocycles. The van der Waals surface area contributed by atoms with Crippen molar-refractivity contribution in [2.45, 2.75) is 83.8 Å². The Morgan fingerprint density at radius 1 is 1.26 bits per heavy atom. The van der Waals surface area contributed by atoms with Gasteiger partial charge >= 0.3 is 5.97 Å². The summed E-state index contributed by atoms with van der Waals surface area (Å²) in [6.07, 6.45) is 4.32. The number of nitrogens with one attached hydrogen (secondary N) is 1. The first kappa shape index (κ1) is 23.3. The molecule has 0 radical (unpaired) electrons. The van der Waals surface area contributed by atoms with Crippen LogP contribution in [0.25, 0.3) is 0 Å². The fraction of sp³-hybridized carbons (Fsp3) is 0.536. The van der Waals surface area contributed by atoms with Gasteiger partial charge in [-0.15, -0.1) is 0 Å². The number of nitrogens with zero attached hydrogens (tertiary/aromatic N) is 2. The van der Waals surface area contributed by atoms with Gasteiger partial charge in [0.1, 0.15) is 14.6 Å². The Labute approximate surface area is 203 Å². The highest BCUT2D eigenvalue weighted by atomic mass is 28.3. The molecule has 2 aromatic carbocycles. The molecule has 2 unspecified atom stereocenters. The molecule has 6 heteroatoms. The van der Waals surface area contributed by atoms with Crippen LogP contribution in [0.3, 0.4) is 0 Å². The normalized spacial score (nSPS) is 24.1. The van der Waals surface area contributed by atoms with Crippen molar-refractivity contribution in [2.24, 2.45) is 4.99 Å². The van der Waals surface area contributed by atoms with Gasteiger partial charge in [-0.1, -0.05) is 13.5 Å². The Bertz CT molecular complexity index is 1300. The van der Waals surface area contributed by atoms with E-state index in [1.807, 2.05) is 0 Å². The zero-order valence-electron chi connectivity index (χ0n) is 21.3. The first-order valence-electron chi connectivity index (χ1n) is 12.9. The Balaban J connectivity index is 1.79. The molecule has 180 valence electrons. The molecule has 2 atom stereocenters. The highest BCUT2D eigenvalue weighted by Crippen LogP contribution is 2.32. The molecule has 3 heterocycles. The number of hydrogen-bond acceptors (Lipinski definition) is 3. The topological polar surface area (TPSA) is 64.7 Å². The smallest absolute Gasteiger partial charge is 0.303 e. The Kier molecular flexibility index (Phi) is 5.70. The van der Waals surface area contributed by atoms with Gasteiger partial charge in [0.15, 0.2) is 5.54 Å². The molecule has 0 saturated carbocycles. The fourth-order valence-corrected chi connectivity index (χ4v) is 10.8.